The smallest absolute Gasteiger partial charge is 0.254 e. The Morgan fingerprint density at radius 2 is 2.04 bits per heavy atom. The average Bonchev–Trinajstić information content (AvgIpc) is 3.16. The monoisotopic (exact) mass is 356 g/mol. The number of methoxy groups -OCH3 is 1. The Morgan fingerprint density at radius 3 is 2.69 bits per heavy atom. The van der Waals surface area contributed by atoms with Crippen LogP contribution in [0.5, 0.6) is 5.75 Å². The number of nitrogens with two attached hydrogens (primary N) is 1. The van der Waals surface area contributed by atoms with Gasteiger partial charge in [0, 0.05) is 18.8 Å². The molecular formula is C20H28N4O2. The van der Waals surface area contributed by atoms with Crippen molar-refractivity contribution < 1.29 is 9.53 Å². The van der Waals surface area contributed by atoms with Crippen LogP contribution in [0.3, 0.4) is 0 Å². The van der Waals surface area contributed by atoms with Crippen LogP contribution in [0.15, 0.2) is 36.7 Å². The maximum Gasteiger partial charge on any atom is 0.254 e. The van der Waals surface area contributed by atoms with Crippen molar-refractivity contribution in [3.63, 3.8) is 0 Å². The minimum Gasteiger partial charge on any atom is -0.497 e. The summed E-state index contributed by atoms with van der Waals surface area (Å²) in [6.45, 7) is 1.09. The number of carbonyl (C=O) groups excluding carboxylic acids is 1. The Balaban J connectivity index is 1.59. The zero-order valence-electron chi connectivity index (χ0n) is 15.4. The molecule has 3 N–H and O–H groups in total. The predicted molar refractivity (Wildman–Crippen MR) is 101 cm³/mol. The van der Waals surface area contributed by atoms with E-state index in [1.165, 1.54) is 19.3 Å². The van der Waals surface area contributed by atoms with E-state index in [0.29, 0.717) is 24.6 Å². The second-order valence-corrected chi connectivity index (χ2v) is 6.99. The zero-order chi connectivity index (χ0) is 18.4. The van der Waals surface area contributed by atoms with Gasteiger partial charge in [0.2, 0.25) is 0 Å². The summed E-state index contributed by atoms with van der Waals surface area (Å²) >= 11 is 0. The van der Waals surface area contributed by atoms with Crippen LogP contribution in [0.1, 0.15) is 48.0 Å². The summed E-state index contributed by atoms with van der Waals surface area (Å²) in [6.07, 6.45) is 9.46. The normalized spacial score (nSPS) is 16.2. The molecule has 6 nitrogen and oxygen atoms in total. The standard InChI is InChI=1S/C20H28N4O2/c1-26-18-9-7-15(8-10-18)13-24-14-17(12-22-24)20(25)23-19(11-21)16-5-3-2-4-6-16/h7-10,12,14,16,19H,2-6,11,13,21H2,1H3,(H,23,25). The molecule has 6 heteroatoms. The van der Waals surface area contributed by atoms with E-state index >= 15 is 0 Å². The number of rotatable bonds is 7. The van der Waals surface area contributed by atoms with Gasteiger partial charge in [0.1, 0.15) is 5.75 Å². The van der Waals surface area contributed by atoms with E-state index in [4.69, 9.17) is 10.5 Å². The third-order valence-electron chi connectivity index (χ3n) is 5.19. The fraction of sp³-hybridized carbons (Fsp3) is 0.500. The number of hydrogen-bond donors (Lipinski definition) is 2. The minimum atomic E-state index is -0.0907. The van der Waals surface area contributed by atoms with Crippen LogP contribution >= 0.6 is 0 Å². The first-order valence-electron chi connectivity index (χ1n) is 9.36. The Kier molecular flexibility index (Phi) is 6.28. The summed E-state index contributed by atoms with van der Waals surface area (Å²) in [6, 6.07) is 7.87. The molecule has 1 aliphatic carbocycles. The zero-order valence-corrected chi connectivity index (χ0v) is 15.4. The molecule has 1 saturated carbocycles. The summed E-state index contributed by atoms with van der Waals surface area (Å²) in [4.78, 5) is 12.6. The van der Waals surface area contributed by atoms with Gasteiger partial charge in [-0.3, -0.25) is 9.48 Å². The van der Waals surface area contributed by atoms with Crippen molar-refractivity contribution in [2.24, 2.45) is 11.7 Å². The van der Waals surface area contributed by atoms with Crippen molar-refractivity contribution in [2.45, 2.75) is 44.7 Å². The first-order chi connectivity index (χ1) is 12.7. The van der Waals surface area contributed by atoms with E-state index in [2.05, 4.69) is 10.4 Å². The molecule has 1 aromatic carbocycles. The van der Waals surface area contributed by atoms with Gasteiger partial charge in [0.25, 0.3) is 5.91 Å². The molecular weight excluding hydrogens is 328 g/mol. The molecule has 1 atom stereocenters. The van der Waals surface area contributed by atoms with Crippen molar-refractivity contribution in [2.75, 3.05) is 13.7 Å². The number of amides is 1. The summed E-state index contributed by atoms with van der Waals surface area (Å²) in [5.41, 5.74) is 7.59. The maximum absolute atomic E-state index is 12.6. The number of benzene rings is 1. The fourth-order valence-corrected chi connectivity index (χ4v) is 3.64. The van der Waals surface area contributed by atoms with Crippen molar-refractivity contribution in [3.05, 3.63) is 47.8 Å². The van der Waals surface area contributed by atoms with E-state index in [1.807, 2.05) is 24.3 Å². The Bertz CT molecular complexity index is 705. The lowest BCUT2D eigenvalue weighted by Gasteiger charge is -2.29. The maximum atomic E-state index is 12.6. The molecule has 0 radical (unpaired) electrons. The number of nitrogens with zero attached hydrogens (tertiary/aromatic N) is 2. The van der Waals surface area contributed by atoms with Crippen LogP contribution in [0.4, 0.5) is 0 Å². The van der Waals surface area contributed by atoms with Gasteiger partial charge in [-0.2, -0.15) is 5.10 Å². The molecule has 0 aliphatic heterocycles. The molecule has 0 bridgehead atoms. The van der Waals surface area contributed by atoms with Gasteiger partial charge in [0.05, 0.1) is 25.4 Å². The summed E-state index contributed by atoms with van der Waals surface area (Å²) < 4.78 is 6.94. The Morgan fingerprint density at radius 1 is 1.31 bits per heavy atom. The lowest BCUT2D eigenvalue weighted by Crippen LogP contribution is -2.45. The molecule has 1 amide bonds. The predicted octanol–water partition coefficient (Wildman–Crippen LogP) is 2.58. The minimum absolute atomic E-state index is 0.0488. The van der Waals surface area contributed by atoms with Crippen LogP contribution in [-0.4, -0.2) is 35.4 Å². The first kappa shape index (κ1) is 18.5. The van der Waals surface area contributed by atoms with Gasteiger partial charge in [-0.25, -0.2) is 0 Å². The van der Waals surface area contributed by atoms with Crippen LogP contribution in [0.2, 0.25) is 0 Å². The third-order valence-corrected chi connectivity index (χ3v) is 5.19. The Labute approximate surface area is 154 Å². The van der Waals surface area contributed by atoms with Gasteiger partial charge in [0.15, 0.2) is 0 Å². The second-order valence-electron chi connectivity index (χ2n) is 6.99. The average molecular weight is 356 g/mol. The van der Waals surface area contributed by atoms with E-state index in [-0.39, 0.29) is 11.9 Å². The number of carbonyl (C=O) groups is 1. The van der Waals surface area contributed by atoms with Gasteiger partial charge < -0.3 is 15.8 Å². The molecule has 140 valence electrons. The van der Waals surface area contributed by atoms with Crippen molar-refractivity contribution >= 4 is 5.91 Å². The highest BCUT2D eigenvalue weighted by Crippen LogP contribution is 2.26. The molecule has 1 unspecified atom stereocenters. The molecule has 2 aromatic rings. The number of ether oxygens (including phenoxy) is 1. The fourth-order valence-electron chi connectivity index (χ4n) is 3.64. The molecule has 1 heterocycles. The van der Waals surface area contributed by atoms with E-state index < -0.39 is 0 Å². The highest BCUT2D eigenvalue weighted by molar-refractivity contribution is 5.93. The third kappa shape index (κ3) is 4.64. The lowest BCUT2D eigenvalue weighted by atomic mass is 9.84. The van der Waals surface area contributed by atoms with Crippen LogP contribution in [0.25, 0.3) is 0 Å². The van der Waals surface area contributed by atoms with Crippen molar-refractivity contribution in [1.82, 2.24) is 15.1 Å². The quantitative estimate of drug-likeness (QED) is 0.799. The van der Waals surface area contributed by atoms with Gasteiger partial charge in [-0.15, -0.1) is 0 Å². The Hall–Kier alpha value is -2.34. The molecule has 0 spiro atoms. The lowest BCUT2D eigenvalue weighted by molar-refractivity contribution is 0.0915. The van der Waals surface area contributed by atoms with Crippen LogP contribution in [0, 0.1) is 5.92 Å². The van der Waals surface area contributed by atoms with E-state index in [0.717, 1.165) is 24.2 Å². The van der Waals surface area contributed by atoms with Gasteiger partial charge in [-0.1, -0.05) is 31.4 Å². The molecule has 3 rings (SSSR count). The topological polar surface area (TPSA) is 82.2 Å². The molecule has 1 fully saturated rings. The SMILES string of the molecule is COc1ccc(Cn2cc(C(=O)NC(CN)C3CCCCC3)cn2)cc1. The number of nitrogens with one attached hydrogen (secondary N) is 1. The van der Waals surface area contributed by atoms with E-state index in [1.54, 1.807) is 24.2 Å². The summed E-state index contributed by atoms with van der Waals surface area (Å²) in [5.74, 6) is 1.23. The van der Waals surface area contributed by atoms with E-state index in [9.17, 15) is 4.79 Å². The first-order valence-corrected chi connectivity index (χ1v) is 9.36. The van der Waals surface area contributed by atoms with Gasteiger partial charge in [-0.05, 0) is 36.5 Å². The number of aromatic nitrogens is 2. The molecule has 1 aliphatic rings. The summed E-state index contributed by atoms with van der Waals surface area (Å²) in [7, 11) is 1.65. The number of hydrogen-bond acceptors (Lipinski definition) is 4. The molecule has 0 saturated heterocycles. The highest BCUT2D eigenvalue weighted by Gasteiger charge is 2.24. The molecule has 26 heavy (non-hydrogen) atoms. The van der Waals surface area contributed by atoms with Crippen molar-refractivity contribution in [3.8, 4) is 5.75 Å². The summed E-state index contributed by atoms with van der Waals surface area (Å²) in [5, 5.41) is 7.43. The largest absolute Gasteiger partial charge is 0.497 e. The van der Waals surface area contributed by atoms with Gasteiger partial charge >= 0.3 is 0 Å². The van der Waals surface area contributed by atoms with Crippen LogP contribution < -0.4 is 15.8 Å². The second kappa shape index (κ2) is 8.85. The van der Waals surface area contributed by atoms with Crippen LogP contribution in [-0.2, 0) is 6.54 Å². The molecule has 1 aromatic heterocycles. The van der Waals surface area contributed by atoms with Crippen molar-refractivity contribution in [1.29, 1.82) is 0 Å². The highest BCUT2D eigenvalue weighted by atomic mass is 16.5.